The van der Waals surface area contributed by atoms with Gasteiger partial charge in [0, 0.05) is 36.1 Å². The zero-order valence-electron chi connectivity index (χ0n) is 16.5. The topological polar surface area (TPSA) is 36.1 Å². The first-order chi connectivity index (χ1) is 13.2. The van der Waals surface area contributed by atoms with E-state index in [0.717, 1.165) is 18.4 Å². The molecule has 1 aromatic heterocycles. The van der Waals surface area contributed by atoms with Crippen molar-refractivity contribution in [3.05, 3.63) is 35.5 Å². The number of carbonyl (C=O) groups excluding carboxylic acids is 1. The maximum atomic E-state index is 13.2. The van der Waals surface area contributed by atoms with Gasteiger partial charge in [0.25, 0.3) is 0 Å². The van der Waals surface area contributed by atoms with Crippen molar-refractivity contribution in [1.82, 2.24) is 9.88 Å². The summed E-state index contributed by atoms with van der Waals surface area (Å²) in [7, 11) is 0. The minimum absolute atomic E-state index is 0.273. The van der Waals surface area contributed by atoms with Crippen molar-refractivity contribution in [2.75, 3.05) is 6.54 Å². The number of hydrogen-bond donors (Lipinski definition) is 1. The quantitative estimate of drug-likeness (QED) is 0.740. The summed E-state index contributed by atoms with van der Waals surface area (Å²) in [6, 6.07) is 7.17. The minimum Gasteiger partial charge on any atom is -0.361 e. The highest BCUT2D eigenvalue weighted by Gasteiger charge is 2.36. The van der Waals surface area contributed by atoms with Crippen molar-refractivity contribution in [2.24, 2.45) is 5.92 Å². The van der Waals surface area contributed by atoms with Gasteiger partial charge in [0.1, 0.15) is 0 Å². The van der Waals surface area contributed by atoms with Gasteiger partial charge in [-0.25, -0.2) is 0 Å². The molecule has 0 bridgehead atoms. The zero-order valence-corrected chi connectivity index (χ0v) is 16.5. The zero-order chi connectivity index (χ0) is 18.4. The molecule has 3 fully saturated rings. The number of H-pyrrole nitrogens is 1. The molecule has 3 atom stereocenters. The van der Waals surface area contributed by atoms with E-state index in [1.807, 2.05) is 0 Å². The van der Waals surface area contributed by atoms with Crippen LogP contribution in [0.4, 0.5) is 0 Å². The highest BCUT2D eigenvalue weighted by Crippen LogP contribution is 2.45. The number of aromatic nitrogens is 1. The van der Waals surface area contributed by atoms with E-state index >= 15 is 0 Å². The Bertz CT molecular complexity index is 832. The predicted octanol–water partition coefficient (Wildman–Crippen LogP) is 5.72. The minimum atomic E-state index is 0.273. The third kappa shape index (κ3) is 3.19. The van der Waals surface area contributed by atoms with Gasteiger partial charge in [-0.05, 0) is 73.5 Å². The molecule has 144 valence electrons. The first-order valence-electron chi connectivity index (χ1n) is 11.1. The fraction of sp³-hybridized carbons (Fsp3) is 0.625. The summed E-state index contributed by atoms with van der Waals surface area (Å²) >= 11 is 0. The summed E-state index contributed by atoms with van der Waals surface area (Å²) < 4.78 is 0. The molecule has 0 radical (unpaired) electrons. The third-order valence-electron chi connectivity index (χ3n) is 7.36. The molecule has 3 unspecified atom stereocenters. The predicted molar refractivity (Wildman–Crippen MR) is 110 cm³/mol. The molecule has 2 aromatic rings. The molecule has 1 aliphatic heterocycles. The van der Waals surface area contributed by atoms with Crippen molar-refractivity contribution in [2.45, 2.75) is 82.6 Å². The molecule has 3 heteroatoms. The Kier molecular flexibility index (Phi) is 4.49. The lowest BCUT2D eigenvalue weighted by molar-refractivity contribution is -0.137. The van der Waals surface area contributed by atoms with Crippen molar-refractivity contribution < 1.29 is 4.79 Å². The summed E-state index contributed by atoms with van der Waals surface area (Å²) in [6.45, 7) is 3.22. The SMILES string of the molecule is CC(CC(=O)N1CCCC2CCCCC21)c1c[nH]c2cccc(C3CC3)c12. The van der Waals surface area contributed by atoms with Gasteiger partial charge in [0.05, 0.1) is 0 Å². The largest absolute Gasteiger partial charge is 0.361 e. The van der Waals surface area contributed by atoms with Gasteiger partial charge in [0.15, 0.2) is 0 Å². The number of nitrogens with one attached hydrogen (secondary N) is 1. The average Bonchev–Trinajstić information content (AvgIpc) is 3.45. The van der Waals surface area contributed by atoms with Gasteiger partial charge >= 0.3 is 0 Å². The Morgan fingerprint density at radius 3 is 2.81 bits per heavy atom. The molecule has 2 saturated carbocycles. The number of piperidine rings is 1. The van der Waals surface area contributed by atoms with Gasteiger partial charge in [-0.15, -0.1) is 0 Å². The van der Waals surface area contributed by atoms with E-state index in [1.54, 1.807) is 0 Å². The van der Waals surface area contributed by atoms with E-state index in [2.05, 4.69) is 41.2 Å². The van der Waals surface area contributed by atoms with Crippen molar-refractivity contribution in [1.29, 1.82) is 0 Å². The Morgan fingerprint density at radius 2 is 1.96 bits per heavy atom. The number of fused-ring (bicyclic) bond motifs is 2. The maximum Gasteiger partial charge on any atom is 0.223 e. The Labute approximate surface area is 162 Å². The lowest BCUT2D eigenvalue weighted by Crippen LogP contribution is -2.49. The van der Waals surface area contributed by atoms with Crippen LogP contribution in [0.5, 0.6) is 0 Å². The first kappa shape index (κ1) is 17.3. The second-order valence-electron chi connectivity index (χ2n) is 9.23. The molecular formula is C24H32N2O. The van der Waals surface area contributed by atoms with Gasteiger partial charge in [0.2, 0.25) is 5.91 Å². The van der Waals surface area contributed by atoms with Crippen LogP contribution >= 0.6 is 0 Å². The van der Waals surface area contributed by atoms with Crippen LogP contribution in [0.3, 0.4) is 0 Å². The van der Waals surface area contributed by atoms with Crippen LogP contribution in [0.15, 0.2) is 24.4 Å². The molecule has 2 aliphatic carbocycles. The molecule has 1 aromatic carbocycles. The lowest BCUT2D eigenvalue weighted by atomic mass is 9.78. The van der Waals surface area contributed by atoms with Crippen LogP contribution < -0.4 is 0 Å². The van der Waals surface area contributed by atoms with Gasteiger partial charge in [-0.1, -0.05) is 31.9 Å². The third-order valence-corrected chi connectivity index (χ3v) is 7.36. The number of amides is 1. The highest BCUT2D eigenvalue weighted by atomic mass is 16.2. The molecule has 3 aliphatic rings. The summed E-state index contributed by atoms with van der Waals surface area (Å²) in [5.74, 6) is 2.16. The van der Waals surface area contributed by atoms with Crippen LogP contribution in [0, 0.1) is 5.92 Å². The lowest BCUT2D eigenvalue weighted by Gasteiger charge is -2.44. The number of likely N-dealkylation sites (tertiary alicyclic amines) is 1. The van der Waals surface area contributed by atoms with E-state index in [0.29, 0.717) is 18.4 Å². The van der Waals surface area contributed by atoms with Crippen LogP contribution in [0.2, 0.25) is 0 Å². The number of nitrogens with zero attached hydrogens (tertiary/aromatic N) is 1. The van der Waals surface area contributed by atoms with E-state index in [9.17, 15) is 4.79 Å². The second kappa shape index (κ2) is 7.00. The smallest absolute Gasteiger partial charge is 0.223 e. The van der Waals surface area contributed by atoms with Gasteiger partial charge in [-0.2, -0.15) is 0 Å². The summed E-state index contributed by atoms with van der Waals surface area (Å²) in [5.41, 5.74) is 4.07. The Balaban J connectivity index is 1.36. The Morgan fingerprint density at radius 1 is 1.15 bits per heavy atom. The van der Waals surface area contributed by atoms with Crippen LogP contribution in [-0.4, -0.2) is 28.4 Å². The van der Waals surface area contributed by atoms with Crippen LogP contribution in [-0.2, 0) is 4.79 Å². The first-order valence-corrected chi connectivity index (χ1v) is 11.1. The Hall–Kier alpha value is -1.77. The number of hydrogen-bond acceptors (Lipinski definition) is 1. The molecule has 1 amide bonds. The average molecular weight is 365 g/mol. The molecule has 0 spiro atoms. The van der Waals surface area contributed by atoms with E-state index in [-0.39, 0.29) is 5.92 Å². The molecule has 5 rings (SSSR count). The molecule has 2 heterocycles. The highest BCUT2D eigenvalue weighted by molar-refractivity contribution is 5.89. The van der Waals surface area contributed by atoms with Crippen molar-refractivity contribution >= 4 is 16.8 Å². The molecular weight excluding hydrogens is 332 g/mol. The summed E-state index contributed by atoms with van der Waals surface area (Å²) in [6.07, 6.45) is 13.2. The monoisotopic (exact) mass is 364 g/mol. The van der Waals surface area contributed by atoms with Crippen LogP contribution in [0.1, 0.15) is 87.7 Å². The normalized spacial score (nSPS) is 26.8. The standard InChI is InChI=1S/C24H32N2O/c1-16(14-23(27)26-13-5-7-18-6-2-3-10-22(18)26)20-15-25-21-9-4-8-19(24(20)21)17-11-12-17/h4,8-9,15-18,22,25H,2-3,5-7,10-14H2,1H3. The van der Waals surface area contributed by atoms with E-state index in [4.69, 9.17) is 0 Å². The number of carbonyl (C=O) groups is 1. The van der Waals surface area contributed by atoms with Crippen molar-refractivity contribution in [3.8, 4) is 0 Å². The fourth-order valence-corrected chi connectivity index (χ4v) is 5.79. The van der Waals surface area contributed by atoms with Gasteiger partial charge < -0.3 is 9.88 Å². The number of benzene rings is 1. The van der Waals surface area contributed by atoms with Crippen molar-refractivity contribution in [3.63, 3.8) is 0 Å². The molecule has 3 nitrogen and oxygen atoms in total. The fourth-order valence-electron chi connectivity index (χ4n) is 5.79. The number of rotatable bonds is 4. The van der Waals surface area contributed by atoms with E-state index < -0.39 is 0 Å². The number of aromatic amines is 1. The van der Waals surface area contributed by atoms with E-state index in [1.165, 1.54) is 73.4 Å². The molecule has 1 N–H and O–H groups in total. The summed E-state index contributed by atoms with van der Waals surface area (Å²) in [4.78, 5) is 19.0. The molecule has 1 saturated heterocycles. The van der Waals surface area contributed by atoms with Gasteiger partial charge in [-0.3, -0.25) is 4.79 Å². The summed E-state index contributed by atoms with van der Waals surface area (Å²) in [5, 5.41) is 1.40. The molecule has 27 heavy (non-hydrogen) atoms. The maximum absolute atomic E-state index is 13.2. The van der Waals surface area contributed by atoms with Crippen LogP contribution in [0.25, 0.3) is 10.9 Å². The second-order valence-corrected chi connectivity index (χ2v) is 9.23.